The summed E-state index contributed by atoms with van der Waals surface area (Å²) in [6.45, 7) is 9.98. The van der Waals surface area contributed by atoms with Gasteiger partial charge in [-0.05, 0) is 56.0 Å². The first kappa shape index (κ1) is 27.2. The largest absolute Gasteiger partial charge is 0.492 e. The molecule has 4 rings (SSSR count). The van der Waals surface area contributed by atoms with Crippen LogP contribution in [-0.4, -0.2) is 35.2 Å². The van der Waals surface area contributed by atoms with Gasteiger partial charge in [-0.1, -0.05) is 54.2 Å². The van der Waals surface area contributed by atoms with E-state index in [9.17, 15) is 9.59 Å². The molecule has 0 aliphatic carbocycles. The lowest BCUT2D eigenvalue weighted by molar-refractivity contribution is -0.129. The third-order valence-corrected chi connectivity index (χ3v) is 7.43. The summed E-state index contributed by atoms with van der Waals surface area (Å²) >= 11 is 8.36. The molecule has 0 saturated carbocycles. The molecule has 0 bridgehead atoms. The molecule has 2 aromatic carbocycles. The van der Waals surface area contributed by atoms with Crippen LogP contribution in [0.5, 0.6) is 5.75 Å². The van der Waals surface area contributed by atoms with Gasteiger partial charge in [-0.3, -0.25) is 9.79 Å². The number of aldehydes is 1. The molecular weight excluding hydrogens is 508 g/mol. The molecule has 1 aliphatic rings. The van der Waals surface area contributed by atoms with Crippen molar-refractivity contribution in [3.63, 3.8) is 0 Å². The van der Waals surface area contributed by atoms with E-state index in [-0.39, 0.29) is 5.56 Å². The van der Waals surface area contributed by atoms with Gasteiger partial charge in [0.05, 0.1) is 22.9 Å². The Hall–Kier alpha value is -2.87. The van der Waals surface area contributed by atoms with Crippen LogP contribution >= 0.6 is 23.4 Å². The van der Waals surface area contributed by atoms with E-state index in [0.717, 1.165) is 35.3 Å². The molecule has 8 heteroatoms. The highest BCUT2D eigenvalue weighted by Gasteiger charge is 2.30. The van der Waals surface area contributed by atoms with Gasteiger partial charge in [0.1, 0.15) is 10.8 Å². The first-order valence-corrected chi connectivity index (χ1v) is 13.4. The average Bonchev–Trinajstić information content (AvgIpc) is 2.88. The summed E-state index contributed by atoms with van der Waals surface area (Å²) < 4.78 is 13.6. The topological polar surface area (TPSA) is 69.9 Å². The van der Waals surface area contributed by atoms with E-state index in [1.807, 2.05) is 51.1 Å². The third kappa shape index (κ3) is 5.26. The zero-order valence-corrected chi connectivity index (χ0v) is 23.3. The predicted molar refractivity (Wildman–Crippen MR) is 153 cm³/mol. The number of benzene rings is 2. The number of nitrogens with zero attached hydrogens (tertiary/aromatic N) is 2. The Labute approximate surface area is 226 Å². The van der Waals surface area contributed by atoms with Crippen molar-refractivity contribution in [2.24, 2.45) is 12.0 Å². The Balaban J connectivity index is 2.11. The number of hydrogen-bond donors (Lipinski definition) is 0. The number of hydrogen-bond acceptors (Lipinski definition) is 6. The van der Waals surface area contributed by atoms with Crippen molar-refractivity contribution < 1.29 is 14.3 Å². The molecule has 0 saturated heterocycles. The normalized spacial score (nSPS) is 14.7. The third-order valence-electron chi connectivity index (χ3n) is 6.24. The quantitative estimate of drug-likeness (QED) is 0.204. The van der Waals surface area contributed by atoms with E-state index < -0.39 is 11.7 Å². The number of pyridine rings is 1. The van der Waals surface area contributed by atoms with Crippen LogP contribution in [0.4, 0.5) is 0 Å². The van der Waals surface area contributed by atoms with Crippen molar-refractivity contribution in [1.29, 1.82) is 0 Å². The zero-order chi connectivity index (χ0) is 26.9. The molecule has 0 spiro atoms. The molecule has 1 aliphatic heterocycles. The van der Waals surface area contributed by atoms with Crippen molar-refractivity contribution >= 4 is 45.5 Å². The Bertz CT molecular complexity index is 1470. The molecule has 0 radical (unpaired) electrons. The number of rotatable bonds is 6. The highest BCUT2D eigenvalue weighted by Crippen LogP contribution is 2.45. The number of aliphatic imine (C=N–C) groups is 1. The van der Waals surface area contributed by atoms with E-state index in [0.29, 0.717) is 45.0 Å². The maximum atomic E-state index is 13.7. The van der Waals surface area contributed by atoms with Crippen LogP contribution in [0.15, 0.2) is 52.1 Å². The number of ether oxygens (including phenoxy) is 2. The Morgan fingerprint density at radius 1 is 1.27 bits per heavy atom. The minimum Gasteiger partial charge on any atom is -0.492 e. The van der Waals surface area contributed by atoms with Crippen LogP contribution in [0.3, 0.4) is 0 Å². The number of aromatic nitrogens is 1. The minimum atomic E-state index is -0.992. The van der Waals surface area contributed by atoms with Gasteiger partial charge in [0.25, 0.3) is 5.56 Å². The van der Waals surface area contributed by atoms with Crippen molar-refractivity contribution in [3.8, 4) is 16.9 Å². The summed E-state index contributed by atoms with van der Waals surface area (Å²) in [6.07, 6.45) is 1.54. The number of fused-ring (bicyclic) bond motifs is 2. The van der Waals surface area contributed by atoms with Crippen molar-refractivity contribution in [2.75, 3.05) is 13.7 Å². The number of aryl methyl sites for hydroxylation is 1. The van der Waals surface area contributed by atoms with Crippen molar-refractivity contribution in [2.45, 2.75) is 45.3 Å². The Morgan fingerprint density at radius 3 is 2.68 bits per heavy atom. The predicted octanol–water partition coefficient (Wildman–Crippen LogP) is 6.49. The van der Waals surface area contributed by atoms with E-state index >= 15 is 0 Å². The SMILES string of the molecule is C=CSC(=NC)c1ccc2c(-c3ccc4c(c3Cl)OCCC4)c([C@H](C=O)OC(C)(C)C)n(C)c(=O)c2c1. The number of thioether (sulfide) groups is 1. The monoisotopic (exact) mass is 538 g/mol. The lowest BCUT2D eigenvalue weighted by atomic mass is 9.92. The van der Waals surface area contributed by atoms with Crippen molar-refractivity contribution in [3.05, 3.63) is 74.5 Å². The number of carbonyl (C=O) groups excluding carboxylic acids is 1. The van der Waals surface area contributed by atoms with Gasteiger partial charge in [-0.25, -0.2) is 0 Å². The summed E-state index contributed by atoms with van der Waals surface area (Å²) in [5.41, 5.74) is 2.75. The molecule has 0 amide bonds. The molecule has 0 fully saturated rings. The molecule has 2 heterocycles. The maximum Gasteiger partial charge on any atom is 0.258 e. The molecule has 6 nitrogen and oxygen atoms in total. The highest BCUT2D eigenvalue weighted by molar-refractivity contribution is 8.16. The highest BCUT2D eigenvalue weighted by atomic mass is 35.5. The lowest BCUT2D eigenvalue weighted by Crippen LogP contribution is -2.30. The second-order valence-electron chi connectivity index (χ2n) is 9.85. The molecule has 37 heavy (non-hydrogen) atoms. The van der Waals surface area contributed by atoms with Gasteiger partial charge in [-0.15, -0.1) is 0 Å². The summed E-state index contributed by atoms with van der Waals surface area (Å²) in [7, 11) is 3.36. The van der Waals surface area contributed by atoms with Gasteiger partial charge in [0.15, 0.2) is 12.4 Å². The van der Waals surface area contributed by atoms with Crippen molar-refractivity contribution in [1.82, 2.24) is 4.57 Å². The van der Waals surface area contributed by atoms with E-state index in [2.05, 4.69) is 11.6 Å². The molecule has 194 valence electrons. The van der Waals surface area contributed by atoms with Crippen LogP contribution in [-0.2, 0) is 23.0 Å². The summed E-state index contributed by atoms with van der Waals surface area (Å²) in [6, 6.07) is 9.57. The maximum absolute atomic E-state index is 13.7. The summed E-state index contributed by atoms with van der Waals surface area (Å²) in [5.74, 6) is 0.650. The average molecular weight is 539 g/mol. The van der Waals surface area contributed by atoms with Crippen LogP contribution < -0.4 is 10.3 Å². The molecule has 1 atom stereocenters. The van der Waals surface area contributed by atoms with E-state index in [4.69, 9.17) is 21.1 Å². The molecular formula is C29H31ClN2O4S. The smallest absolute Gasteiger partial charge is 0.258 e. The Morgan fingerprint density at radius 2 is 2.03 bits per heavy atom. The standard InChI is InChI=1S/C29H31ClN2O4S/c1-7-37-27(31-5)18-11-12-19-21(15-18)28(34)32(6)25(22(16-33)36-29(2,3)4)23(19)20-13-10-17-9-8-14-35-26(17)24(20)30/h7,10-13,15-16,22H,1,8-9,14H2,2-6H3/t22-/m0/s1. The number of carbonyl (C=O) groups is 1. The molecule has 0 unspecified atom stereocenters. The second-order valence-corrected chi connectivity index (χ2v) is 11.2. The fourth-order valence-electron chi connectivity index (χ4n) is 4.72. The van der Waals surface area contributed by atoms with Crippen LogP contribution in [0.2, 0.25) is 5.02 Å². The second kappa shape index (κ2) is 10.9. The fraction of sp³-hybridized carbons (Fsp3) is 0.345. The van der Waals surface area contributed by atoms with E-state index in [1.54, 1.807) is 19.5 Å². The van der Waals surface area contributed by atoms with Gasteiger partial charge >= 0.3 is 0 Å². The fourth-order valence-corrected chi connectivity index (χ4v) is 5.58. The first-order chi connectivity index (χ1) is 17.6. The van der Waals surface area contributed by atoms with Crippen LogP contribution in [0.1, 0.15) is 50.1 Å². The number of halogens is 1. The zero-order valence-electron chi connectivity index (χ0n) is 21.8. The van der Waals surface area contributed by atoms with Crippen LogP contribution in [0, 0.1) is 0 Å². The van der Waals surface area contributed by atoms with Gasteiger partial charge in [0, 0.05) is 36.2 Å². The molecule has 3 aromatic rings. The van der Waals surface area contributed by atoms with Crippen LogP contribution in [0.25, 0.3) is 21.9 Å². The van der Waals surface area contributed by atoms with Gasteiger partial charge < -0.3 is 18.8 Å². The van der Waals surface area contributed by atoms with Gasteiger partial charge in [-0.2, -0.15) is 0 Å². The summed E-state index contributed by atoms with van der Waals surface area (Å²) in [5, 5.41) is 4.06. The Kier molecular flexibility index (Phi) is 7.97. The minimum absolute atomic E-state index is 0.246. The van der Waals surface area contributed by atoms with Gasteiger partial charge in [0.2, 0.25) is 0 Å². The van der Waals surface area contributed by atoms with E-state index in [1.165, 1.54) is 16.3 Å². The molecule has 0 N–H and O–H groups in total. The lowest BCUT2D eigenvalue weighted by Gasteiger charge is -2.29. The summed E-state index contributed by atoms with van der Waals surface area (Å²) in [4.78, 5) is 30.5. The first-order valence-electron chi connectivity index (χ1n) is 12.1. The molecule has 1 aromatic heterocycles.